The van der Waals surface area contributed by atoms with E-state index >= 15 is 0 Å². The molecule has 1 heterocycles. The van der Waals surface area contributed by atoms with Gasteiger partial charge in [0.15, 0.2) is 0 Å². The van der Waals surface area contributed by atoms with E-state index < -0.39 is 6.10 Å². The van der Waals surface area contributed by atoms with Crippen LogP contribution in [0.3, 0.4) is 0 Å². The van der Waals surface area contributed by atoms with Crippen molar-refractivity contribution < 1.29 is 9.90 Å². The molecule has 0 aliphatic carbocycles. The van der Waals surface area contributed by atoms with Crippen LogP contribution in [0.4, 0.5) is 0 Å². The zero-order valence-electron chi connectivity index (χ0n) is 9.15. The van der Waals surface area contributed by atoms with Gasteiger partial charge >= 0.3 is 0 Å². The van der Waals surface area contributed by atoms with Crippen LogP contribution in [-0.2, 0) is 0 Å². The van der Waals surface area contributed by atoms with Crippen molar-refractivity contribution in [3.05, 3.63) is 16.6 Å². The highest BCUT2D eigenvalue weighted by Crippen LogP contribution is 2.08. The first-order valence-electron chi connectivity index (χ1n) is 4.89. The van der Waals surface area contributed by atoms with Crippen molar-refractivity contribution in [2.24, 2.45) is 5.92 Å². The van der Waals surface area contributed by atoms with Gasteiger partial charge in [-0.3, -0.25) is 4.79 Å². The number of hydrogen-bond donors (Lipinski definition) is 2. The minimum atomic E-state index is -0.499. The third kappa shape index (κ3) is 3.28. The molecule has 0 radical (unpaired) electrons. The predicted molar refractivity (Wildman–Crippen MR) is 60.0 cm³/mol. The Hall–Kier alpha value is -0.940. The first-order valence-corrected chi connectivity index (χ1v) is 5.73. The molecule has 0 saturated carbocycles. The van der Waals surface area contributed by atoms with E-state index in [2.05, 4.69) is 9.69 Å². The van der Waals surface area contributed by atoms with Crippen LogP contribution in [0.2, 0.25) is 0 Å². The number of nitrogens with one attached hydrogen (secondary N) is 1. The van der Waals surface area contributed by atoms with Crippen LogP contribution < -0.4 is 5.32 Å². The Labute approximate surface area is 93.5 Å². The van der Waals surface area contributed by atoms with Gasteiger partial charge in [0, 0.05) is 11.9 Å². The summed E-state index contributed by atoms with van der Waals surface area (Å²) in [6, 6.07) is 0. The molecule has 84 valence electrons. The summed E-state index contributed by atoms with van der Waals surface area (Å²) < 4.78 is 4.02. The molecule has 1 aromatic heterocycles. The lowest BCUT2D eigenvalue weighted by molar-refractivity contribution is 0.0871. The lowest BCUT2D eigenvalue weighted by Gasteiger charge is -2.14. The Morgan fingerprint density at radius 1 is 1.67 bits per heavy atom. The molecular weight excluding hydrogens is 212 g/mol. The van der Waals surface area contributed by atoms with Crippen LogP contribution in [0.15, 0.2) is 5.38 Å². The smallest absolute Gasteiger partial charge is 0.254 e. The second kappa shape index (κ2) is 5.23. The first kappa shape index (κ1) is 12.1. The predicted octanol–water partition coefficient (Wildman–Crippen LogP) is 1.20. The molecule has 1 atom stereocenters. The quantitative estimate of drug-likeness (QED) is 0.814. The number of nitrogens with zero attached hydrogens (tertiary/aromatic N) is 1. The number of rotatable bonds is 4. The maximum absolute atomic E-state index is 11.6. The van der Waals surface area contributed by atoms with E-state index in [1.165, 1.54) is 11.5 Å². The summed E-state index contributed by atoms with van der Waals surface area (Å²) >= 11 is 1.26. The van der Waals surface area contributed by atoms with Crippen molar-refractivity contribution in [2.75, 3.05) is 6.54 Å². The van der Waals surface area contributed by atoms with Gasteiger partial charge in [0.25, 0.3) is 5.91 Å². The van der Waals surface area contributed by atoms with Crippen molar-refractivity contribution in [3.63, 3.8) is 0 Å². The summed E-state index contributed by atoms with van der Waals surface area (Å²) in [4.78, 5) is 11.6. The van der Waals surface area contributed by atoms with Gasteiger partial charge in [0.05, 0.1) is 17.4 Å². The molecule has 0 aromatic carbocycles. The standard InChI is InChI=1S/C10H16N2O2S/c1-6(2)9(13)4-11-10(14)8-5-15-12-7(8)3/h5-6,9,13H,4H2,1-3H3,(H,11,14). The van der Waals surface area contributed by atoms with Gasteiger partial charge in [-0.25, -0.2) is 0 Å². The molecular formula is C10H16N2O2S. The fraction of sp³-hybridized carbons (Fsp3) is 0.600. The van der Waals surface area contributed by atoms with E-state index in [4.69, 9.17) is 0 Å². The Morgan fingerprint density at radius 2 is 2.33 bits per heavy atom. The monoisotopic (exact) mass is 228 g/mol. The lowest BCUT2D eigenvalue weighted by Crippen LogP contribution is -2.34. The number of aromatic nitrogens is 1. The zero-order chi connectivity index (χ0) is 11.4. The van der Waals surface area contributed by atoms with Gasteiger partial charge in [0.1, 0.15) is 0 Å². The fourth-order valence-corrected chi connectivity index (χ4v) is 1.73. The van der Waals surface area contributed by atoms with Crippen LogP contribution in [-0.4, -0.2) is 28.0 Å². The molecule has 1 aromatic rings. The third-order valence-electron chi connectivity index (χ3n) is 2.24. The molecule has 0 fully saturated rings. The number of hydrogen-bond acceptors (Lipinski definition) is 4. The van der Waals surface area contributed by atoms with Crippen molar-refractivity contribution in [1.82, 2.24) is 9.69 Å². The normalized spacial score (nSPS) is 12.9. The van der Waals surface area contributed by atoms with Crippen LogP contribution in [0.1, 0.15) is 29.9 Å². The molecule has 0 aliphatic rings. The molecule has 0 bridgehead atoms. The summed E-state index contributed by atoms with van der Waals surface area (Å²) in [5.41, 5.74) is 1.33. The average Bonchev–Trinajstić information content (AvgIpc) is 2.60. The van der Waals surface area contributed by atoms with Gasteiger partial charge in [-0.1, -0.05) is 13.8 Å². The highest BCUT2D eigenvalue weighted by molar-refractivity contribution is 7.03. The Morgan fingerprint density at radius 3 is 2.80 bits per heavy atom. The molecule has 15 heavy (non-hydrogen) atoms. The largest absolute Gasteiger partial charge is 0.391 e. The lowest BCUT2D eigenvalue weighted by atomic mass is 10.1. The molecule has 2 N–H and O–H groups in total. The van der Waals surface area contributed by atoms with E-state index in [-0.39, 0.29) is 18.4 Å². The van der Waals surface area contributed by atoms with Crippen LogP contribution in [0.25, 0.3) is 0 Å². The molecule has 5 heteroatoms. The summed E-state index contributed by atoms with van der Waals surface area (Å²) in [5, 5.41) is 13.9. The summed E-state index contributed by atoms with van der Waals surface area (Å²) in [6.45, 7) is 5.90. The highest BCUT2D eigenvalue weighted by Gasteiger charge is 2.14. The maximum Gasteiger partial charge on any atom is 0.254 e. The van der Waals surface area contributed by atoms with Gasteiger partial charge < -0.3 is 10.4 Å². The molecule has 1 rings (SSSR count). The zero-order valence-corrected chi connectivity index (χ0v) is 9.97. The molecule has 4 nitrogen and oxygen atoms in total. The number of aliphatic hydroxyl groups excluding tert-OH is 1. The number of carbonyl (C=O) groups is 1. The van der Waals surface area contributed by atoms with Crippen molar-refractivity contribution in [2.45, 2.75) is 26.9 Å². The SMILES string of the molecule is Cc1nscc1C(=O)NCC(O)C(C)C. The summed E-state index contributed by atoms with van der Waals surface area (Å²) in [5.74, 6) is -0.0204. The average molecular weight is 228 g/mol. The molecule has 1 amide bonds. The number of amides is 1. The fourth-order valence-electron chi connectivity index (χ4n) is 1.04. The van der Waals surface area contributed by atoms with Gasteiger partial charge in [0.2, 0.25) is 0 Å². The van der Waals surface area contributed by atoms with Crippen LogP contribution in [0.5, 0.6) is 0 Å². The topological polar surface area (TPSA) is 62.2 Å². The van der Waals surface area contributed by atoms with Crippen molar-refractivity contribution in [1.29, 1.82) is 0 Å². The maximum atomic E-state index is 11.6. The molecule has 0 spiro atoms. The van der Waals surface area contributed by atoms with Crippen molar-refractivity contribution in [3.8, 4) is 0 Å². The van der Waals surface area contributed by atoms with E-state index in [0.29, 0.717) is 5.56 Å². The van der Waals surface area contributed by atoms with E-state index in [1.54, 1.807) is 12.3 Å². The van der Waals surface area contributed by atoms with Crippen LogP contribution in [0, 0.1) is 12.8 Å². The third-order valence-corrected chi connectivity index (χ3v) is 2.96. The Balaban J connectivity index is 2.47. The summed E-state index contributed by atoms with van der Waals surface area (Å²) in [6.07, 6.45) is -0.499. The Bertz CT molecular complexity index is 336. The van der Waals surface area contributed by atoms with Gasteiger partial charge in [-0.15, -0.1) is 0 Å². The van der Waals surface area contributed by atoms with Crippen molar-refractivity contribution >= 4 is 17.4 Å². The molecule has 0 aliphatic heterocycles. The number of aliphatic hydroxyl groups is 1. The highest BCUT2D eigenvalue weighted by atomic mass is 32.1. The minimum Gasteiger partial charge on any atom is -0.391 e. The second-order valence-corrected chi connectivity index (χ2v) is 4.46. The molecule has 1 unspecified atom stereocenters. The molecule has 0 saturated heterocycles. The number of aryl methyl sites for hydroxylation is 1. The first-order chi connectivity index (χ1) is 7.02. The number of carbonyl (C=O) groups excluding carboxylic acids is 1. The van der Waals surface area contributed by atoms with E-state index in [1.807, 2.05) is 13.8 Å². The Kier molecular flexibility index (Phi) is 4.23. The summed E-state index contributed by atoms with van der Waals surface area (Å²) in [7, 11) is 0. The van der Waals surface area contributed by atoms with E-state index in [0.717, 1.165) is 5.69 Å². The van der Waals surface area contributed by atoms with Gasteiger partial charge in [-0.05, 0) is 24.4 Å². The van der Waals surface area contributed by atoms with Crippen LogP contribution >= 0.6 is 11.5 Å². The van der Waals surface area contributed by atoms with Gasteiger partial charge in [-0.2, -0.15) is 4.37 Å². The van der Waals surface area contributed by atoms with E-state index in [9.17, 15) is 9.90 Å². The minimum absolute atomic E-state index is 0.145. The second-order valence-electron chi connectivity index (χ2n) is 3.84.